The van der Waals surface area contributed by atoms with Crippen LogP contribution in [0.15, 0.2) is 48.8 Å². The Bertz CT molecular complexity index is 639. The number of halogens is 2. The average Bonchev–Trinajstić information content (AvgIpc) is 2.82. The fourth-order valence-electron chi connectivity index (χ4n) is 2.43. The molecule has 0 saturated heterocycles. The number of nitrogens with zero attached hydrogens (tertiary/aromatic N) is 2. The van der Waals surface area contributed by atoms with Crippen LogP contribution in [0, 0.1) is 34.6 Å². The summed E-state index contributed by atoms with van der Waals surface area (Å²) >= 11 is -0.556. The second-order valence-corrected chi connectivity index (χ2v) is 9.06. The summed E-state index contributed by atoms with van der Waals surface area (Å²) in [6.45, 7) is 11.0. The zero-order valence-corrected chi connectivity index (χ0v) is 19.0. The van der Waals surface area contributed by atoms with Gasteiger partial charge in [0, 0.05) is 12.4 Å². The Morgan fingerprint density at radius 3 is 1.32 bits per heavy atom. The van der Waals surface area contributed by atoms with Gasteiger partial charge in [-0.1, -0.05) is 46.8 Å². The molecule has 0 saturated carbocycles. The van der Waals surface area contributed by atoms with Gasteiger partial charge in [0.05, 0.1) is 11.4 Å². The van der Waals surface area contributed by atoms with E-state index in [0.29, 0.717) is 0 Å². The second-order valence-electron chi connectivity index (χ2n) is 5.60. The molecule has 0 aliphatic carbocycles. The number of hydrogen-bond acceptors (Lipinski definition) is 2. The van der Waals surface area contributed by atoms with Gasteiger partial charge in [-0.15, -0.1) is 0 Å². The van der Waals surface area contributed by atoms with E-state index in [1.807, 2.05) is 36.4 Å². The summed E-state index contributed by atoms with van der Waals surface area (Å²) in [6, 6.07) is 11.6. The Morgan fingerprint density at radius 2 is 1.12 bits per heavy atom. The van der Waals surface area contributed by atoms with Crippen LogP contribution in [0.4, 0.5) is 0 Å². The monoisotopic (exact) mass is 554 g/mol. The molecule has 0 spiro atoms. The van der Waals surface area contributed by atoms with E-state index in [-0.39, 0.29) is 0 Å². The molecular weight excluding hydrogens is 531 g/mol. The van der Waals surface area contributed by atoms with Gasteiger partial charge in [-0.05, 0) is 24.3 Å². The molecule has 3 rings (SSSR count). The van der Waals surface area contributed by atoms with E-state index in [4.69, 9.17) is 19.2 Å². The van der Waals surface area contributed by atoms with Gasteiger partial charge < -0.3 is 0 Å². The van der Waals surface area contributed by atoms with E-state index < -0.39 is 15.7 Å². The Kier molecular flexibility index (Phi) is 10.1. The fourth-order valence-corrected chi connectivity index (χ4v) is 2.43. The normalized spacial score (nSPS) is 9.72. The molecular formula is C20H23Cl2IrN2. The maximum absolute atomic E-state index is 4.89. The quantitative estimate of drug-likeness (QED) is 0.323. The molecule has 25 heavy (non-hydrogen) atoms. The predicted molar refractivity (Wildman–Crippen MR) is 105 cm³/mol. The molecule has 2 heterocycles. The number of hydrogen-bond donors (Lipinski definition) is 0. The number of pyridine rings is 2. The van der Waals surface area contributed by atoms with Crippen LogP contribution in [0.5, 0.6) is 0 Å². The predicted octanol–water partition coefficient (Wildman–Crippen LogP) is 6.47. The van der Waals surface area contributed by atoms with Crippen molar-refractivity contribution in [3.8, 4) is 11.4 Å². The van der Waals surface area contributed by atoms with E-state index in [0.717, 1.165) is 11.4 Å². The fraction of sp³-hybridized carbons (Fsp3) is 0.250. The minimum atomic E-state index is -0.556. The summed E-state index contributed by atoms with van der Waals surface area (Å²) in [5, 5.41) is 0. The van der Waals surface area contributed by atoms with Crippen molar-refractivity contribution in [2.45, 2.75) is 34.6 Å². The van der Waals surface area contributed by atoms with Crippen molar-refractivity contribution in [3.05, 3.63) is 76.6 Å². The van der Waals surface area contributed by atoms with Gasteiger partial charge in [-0.2, -0.15) is 27.8 Å². The van der Waals surface area contributed by atoms with Crippen molar-refractivity contribution in [2.24, 2.45) is 0 Å². The molecule has 1 aromatic carbocycles. The Hall–Kier alpha value is -1.12. The zero-order valence-electron chi connectivity index (χ0n) is 15.1. The summed E-state index contributed by atoms with van der Waals surface area (Å²) in [6.07, 6.45) is 3.54. The molecule has 3 aromatic rings. The number of rotatable bonds is 1. The van der Waals surface area contributed by atoms with Crippen molar-refractivity contribution in [2.75, 3.05) is 0 Å². The third-order valence-electron chi connectivity index (χ3n) is 4.40. The first-order valence-electron chi connectivity index (χ1n) is 7.79. The summed E-state index contributed by atoms with van der Waals surface area (Å²) in [5.41, 5.74) is 9.17. The van der Waals surface area contributed by atoms with Crippen LogP contribution in [0.1, 0.15) is 27.8 Å². The molecule has 0 bridgehead atoms. The molecule has 0 atom stereocenters. The maximum atomic E-state index is 4.89. The van der Waals surface area contributed by atoms with Crippen LogP contribution in [-0.2, 0) is 15.7 Å². The first-order chi connectivity index (χ1) is 11.9. The molecule has 2 nitrogen and oxygen atoms in total. The van der Waals surface area contributed by atoms with E-state index in [1.165, 1.54) is 27.8 Å². The van der Waals surface area contributed by atoms with Crippen molar-refractivity contribution < 1.29 is 15.7 Å². The Labute approximate surface area is 167 Å². The molecule has 0 amide bonds. The summed E-state index contributed by atoms with van der Waals surface area (Å²) in [5.74, 6) is 0. The largest absolute Gasteiger partial charge is 0.255 e. The van der Waals surface area contributed by atoms with E-state index in [1.54, 1.807) is 12.4 Å². The first kappa shape index (κ1) is 21.9. The van der Waals surface area contributed by atoms with Crippen LogP contribution in [0.3, 0.4) is 0 Å². The van der Waals surface area contributed by atoms with Crippen LogP contribution in [0.2, 0.25) is 0 Å². The van der Waals surface area contributed by atoms with Gasteiger partial charge in [-0.25, -0.2) is 0 Å². The van der Waals surface area contributed by atoms with Crippen LogP contribution in [-0.4, -0.2) is 9.97 Å². The van der Waals surface area contributed by atoms with Crippen LogP contribution >= 0.6 is 19.2 Å². The van der Waals surface area contributed by atoms with Crippen molar-refractivity contribution in [3.63, 3.8) is 0 Å². The van der Waals surface area contributed by atoms with E-state index in [2.05, 4.69) is 44.6 Å². The molecule has 5 heteroatoms. The van der Waals surface area contributed by atoms with Crippen molar-refractivity contribution >= 4 is 19.2 Å². The molecule has 0 fully saturated rings. The summed E-state index contributed by atoms with van der Waals surface area (Å²) in [7, 11) is 9.78. The molecule has 0 N–H and O–H groups in total. The maximum Gasteiger partial charge on any atom is 0.0886 e. The van der Waals surface area contributed by atoms with E-state index >= 15 is 0 Å². The van der Waals surface area contributed by atoms with Gasteiger partial charge in [0.25, 0.3) is 0 Å². The molecule has 0 aliphatic rings. The molecule has 0 unspecified atom stereocenters. The third-order valence-corrected chi connectivity index (χ3v) is 4.40. The standard InChI is InChI=1S/C10H8N2.C10H15.2ClH.Ir/c1-3-7-11-9(5-1)10-6-2-4-8-12-10;1-6-7(2)9(4)10(5)8(6)3;;;/h1-8H;1-5H3;2*1H;/q;-1;;;+3/p-2. The van der Waals surface area contributed by atoms with Crippen LogP contribution < -0.4 is 0 Å². The molecule has 2 aromatic heterocycles. The molecule has 0 radical (unpaired) electrons. The molecule has 0 aliphatic heterocycles. The Morgan fingerprint density at radius 1 is 0.760 bits per heavy atom. The summed E-state index contributed by atoms with van der Waals surface area (Å²) < 4.78 is 0. The minimum absolute atomic E-state index is 0.556. The minimum Gasteiger partial charge on any atom is -0.255 e. The second kappa shape index (κ2) is 11.5. The van der Waals surface area contributed by atoms with Gasteiger partial charge in [0.2, 0.25) is 0 Å². The van der Waals surface area contributed by atoms with E-state index in [9.17, 15) is 0 Å². The summed E-state index contributed by atoms with van der Waals surface area (Å²) in [4.78, 5) is 8.37. The van der Waals surface area contributed by atoms with Gasteiger partial charge in [0.15, 0.2) is 0 Å². The zero-order chi connectivity index (χ0) is 18.8. The smallest absolute Gasteiger partial charge is 0.0886 e. The van der Waals surface area contributed by atoms with Gasteiger partial charge in [0.1, 0.15) is 0 Å². The first-order valence-corrected chi connectivity index (χ1v) is 13.7. The molecule has 136 valence electrons. The SMILES string of the molecule is Cc1c(C)c(C)[c-](C)c1C.[Cl][Ir+][Cl].c1ccc(-c2ccccn2)nc1. The third kappa shape index (κ3) is 6.60. The van der Waals surface area contributed by atoms with Crippen molar-refractivity contribution in [1.82, 2.24) is 9.97 Å². The van der Waals surface area contributed by atoms with Gasteiger partial charge in [-0.3, -0.25) is 9.97 Å². The van der Waals surface area contributed by atoms with Crippen molar-refractivity contribution in [1.29, 1.82) is 0 Å². The Balaban J connectivity index is 0.000000220. The topological polar surface area (TPSA) is 25.8 Å². The average molecular weight is 555 g/mol. The number of aromatic nitrogens is 2. The van der Waals surface area contributed by atoms with Gasteiger partial charge >= 0.3 is 34.8 Å². The van der Waals surface area contributed by atoms with Crippen LogP contribution in [0.25, 0.3) is 11.4 Å².